The zero-order chi connectivity index (χ0) is 12.1. The predicted molar refractivity (Wildman–Crippen MR) is 79.7 cm³/mol. The number of rotatable bonds is 5. The molecule has 1 saturated carbocycles. The monoisotopic (exact) mass is 308 g/mol. The van der Waals surface area contributed by atoms with E-state index in [0.717, 1.165) is 12.8 Å². The molecule has 0 bridgehead atoms. The summed E-state index contributed by atoms with van der Waals surface area (Å²) in [5, 5.41) is 3.09. The fourth-order valence-electron chi connectivity index (χ4n) is 2.44. The number of nitrogens with zero attached hydrogens (tertiary/aromatic N) is 2. The normalized spacial score (nSPS) is 21.3. The maximum atomic E-state index is 11.8. The SMILES string of the molecule is Cl.Cl.NCC1CCCC1NC(=O)CCn1ccnc1. The van der Waals surface area contributed by atoms with Gasteiger partial charge in [0, 0.05) is 31.4 Å². The first-order valence-electron chi connectivity index (χ1n) is 6.25. The third-order valence-corrected chi connectivity index (χ3v) is 3.46. The molecule has 5 nitrogen and oxygen atoms in total. The van der Waals surface area contributed by atoms with Crippen LogP contribution < -0.4 is 11.1 Å². The molecule has 1 fully saturated rings. The summed E-state index contributed by atoms with van der Waals surface area (Å²) in [6.07, 6.45) is 9.20. The lowest BCUT2D eigenvalue weighted by Gasteiger charge is -2.19. The summed E-state index contributed by atoms with van der Waals surface area (Å²) in [6.45, 7) is 1.36. The summed E-state index contributed by atoms with van der Waals surface area (Å²) >= 11 is 0. The van der Waals surface area contributed by atoms with Gasteiger partial charge in [-0.15, -0.1) is 24.8 Å². The van der Waals surface area contributed by atoms with Crippen LogP contribution in [-0.2, 0) is 11.3 Å². The number of halogens is 2. The second-order valence-electron chi connectivity index (χ2n) is 4.65. The van der Waals surface area contributed by atoms with Gasteiger partial charge in [0.25, 0.3) is 0 Å². The van der Waals surface area contributed by atoms with Crippen LogP contribution in [0.1, 0.15) is 25.7 Å². The summed E-state index contributed by atoms with van der Waals surface area (Å²) in [6, 6.07) is 0.287. The lowest BCUT2D eigenvalue weighted by Crippen LogP contribution is -2.40. The van der Waals surface area contributed by atoms with Crippen molar-refractivity contribution in [3.05, 3.63) is 18.7 Å². The summed E-state index contributed by atoms with van der Waals surface area (Å²) in [5.74, 6) is 0.580. The van der Waals surface area contributed by atoms with E-state index >= 15 is 0 Å². The Kier molecular flexibility index (Phi) is 8.80. The zero-order valence-electron chi connectivity index (χ0n) is 10.8. The molecule has 0 spiro atoms. The van der Waals surface area contributed by atoms with Crippen LogP contribution in [0.15, 0.2) is 18.7 Å². The number of nitrogens with two attached hydrogens (primary N) is 1. The number of hydrogen-bond donors (Lipinski definition) is 2. The molecule has 1 aromatic heterocycles. The number of nitrogens with one attached hydrogen (secondary N) is 1. The van der Waals surface area contributed by atoms with Gasteiger partial charge in [0.05, 0.1) is 6.33 Å². The van der Waals surface area contributed by atoms with Gasteiger partial charge >= 0.3 is 0 Å². The van der Waals surface area contributed by atoms with Crippen LogP contribution in [0.5, 0.6) is 0 Å². The van der Waals surface area contributed by atoms with Gasteiger partial charge in [0.1, 0.15) is 0 Å². The van der Waals surface area contributed by atoms with Crippen molar-refractivity contribution in [1.82, 2.24) is 14.9 Å². The number of aryl methyl sites for hydroxylation is 1. The lowest BCUT2D eigenvalue weighted by atomic mass is 10.0. The highest BCUT2D eigenvalue weighted by Crippen LogP contribution is 2.24. The number of imidazole rings is 1. The Labute approximate surface area is 126 Å². The van der Waals surface area contributed by atoms with Gasteiger partial charge < -0.3 is 15.6 Å². The Bertz CT molecular complexity index is 359. The Morgan fingerprint density at radius 2 is 2.21 bits per heavy atom. The zero-order valence-corrected chi connectivity index (χ0v) is 12.5. The minimum atomic E-state index is 0. The summed E-state index contributed by atoms with van der Waals surface area (Å²) < 4.78 is 1.91. The Morgan fingerprint density at radius 3 is 2.84 bits per heavy atom. The molecule has 3 N–H and O–H groups in total. The molecule has 19 heavy (non-hydrogen) atoms. The van der Waals surface area contributed by atoms with E-state index in [1.807, 2.05) is 10.8 Å². The molecular weight excluding hydrogens is 287 g/mol. The summed E-state index contributed by atoms with van der Waals surface area (Å²) in [4.78, 5) is 15.7. The van der Waals surface area contributed by atoms with E-state index in [1.165, 1.54) is 6.42 Å². The fourth-order valence-corrected chi connectivity index (χ4v) is 2.44. The first kappa shape index (κ1) is 18.2. The lowest BCUT2D eigenvalue weighted by molar-refractivity contribution is -0.122. The molecule has 110 valence electrons. The minimum Gasteiger partial charge on any atom is -0.353 e. The van der Waals surface area contributed by atoms with Crippen LogP contribution in [0.4, 0.5) is 0 Å². The number of hydrogen-bond acceptors (Lipinski definition) is 3. The van der Waals surface area contributed by atoms with E-state index in [2.05, 4.69) is 10.3 Å². The molecule has 7 heteroatoms. The van der Waals surface area contributed by atoms with Gasteiger partial charge in [-0.05, 0) is 25.3 Å². The van der Waals surface area contributed by atoms with Gasteiger partial charge in [-0.1, -0.05) is 6.42 Å². The molecule has 0 aromatic carbocycles. The van der Waals surface area contributed by atoms with E-state index in [9.17, 15) is 4.79 Å². The molecular formula is C12H22Cl2N4O. The molecule has 1 aliphatic rings. The van der Waals surface area contributed by atoms with E-state index in [4.69, 9.17) is 5.73 Å². The van der Waals surface area contributed by atoms with Crippen molar-refractivity contribution in [2.75, 3.05) is 6.54 Å². The topological polar surface area (TPSA) is 72.9 Å². The van der Waals surface area contributed by atoms with Crippen molar-refractivity contribution in [3.63, 3.8) is 0 Å². The van der Waals surface area contributed by atoms with Crippen molar-refractivity contribution in [1.29, 1.82) is 0 Å². The molecule has 0 saturated heterocycles. The van der Waals surface area contributed by atoms with Crippen molar-refractivity contribution in [2.24, 2.45) is 11.7 Å². The molecule has 1 aromatic rings. The van der Waals surface area contributed by atoms with Crippen LogP contribution in [0, 0.1) is 5.92 Å². The minimum absolute atomic E-state index is 0. The Balaban J connectivity index is 0.00000162. The van der Waals surface area contributed by atoms with E-state index < -0.39 is 0 Å². The largest absolute Gasteiger partial charge is 0.353 e. The number of aromatic nitrogens is 2. The molecule has 2 unspecified atom stereocenters. The average Bonchev–Trinajstić information content (AvgIpc) is 2.97. The predicted octanol–water partition coefficient (Wildman–Crippen LogP) is 1.36. The standard InChI is InChI=1S/C12H20N4O.2ClH/c13-8-10-2-1-3-11(10)15-12(17)4-6-16-7-5-14-9-16;;/h5,7,9-11H,1-4,6,8,13H2,(H,15,17);2*1H. The molecule has 0 radical (unpaired) electrons. The smallest absolute Gasteiger partial charge is 0.222 e. The second-order valence-corrected chi connectivity index (χ2v) is 4.65. The first-order valence-corrected chi connectivity index (χ1v) is 6.25. The van der Waals surface area contributed by atoms with Crippen molar-refractivity contribution in [2.45, 2.75) is 38.3 Å². The maximum Gasteiger partial charge on any atom is 0.222 e. The van der Waals surface area contributed by atoms with Crippen molar-refractivity contribution in [3.8, 4) is 0 Å². The van der Waals surface area contributed by atoms with Crippen LogP contribution in [0.2, 0.25) is 0 Å². The van der Waals surface area contributed by atoms with Crippen molar-refractivity contribution >= 4 is 30.7 Å². The molecule has 2 rings (SSSR count). The highest BCUT2D eigenvalue weighted by Gasteiger charge is 2.26. The summed E-state index contributed by atoms with van der Waals surface area (Å²) in [5.41, 5.74) is 5.69. The molecule has 1 heterocycles. The quantitative estimate of drug-likeness (QED) is 0.862. The molecule has 2 atom stereocenters. The molecule has 0 aliphatic heterocycles. The first-order chi connectivity index (χ1) is 8.29. The van der Waals surface area contributed by atoms with Gasteiger partial charge in [-0.2, -0.15) is 0 Å². The average molecular weight is 309 g/mol. The summed E-state index contributed by atoms with van der Waals surface area (Å²) in [7, 11) is 0. The number of carbonyl (C=O) groups excluding carboxylic acids is 1. The van der Waals surface area contributed by atoms with E-state index in [1.54, 1.807) is 12.5 Å². The van der Waals surface area contributed by atoms with Crippen LogP contribution in [-0.4, -0.2) is 28.0 Å². The number of carbonyl (C=O) groups is 1. The van der Waals surface area contributed by atoms with Gasteiger partial charge in [0.15, 0.2) is 0 Å². The highest BCUT2D eigenvalue weighted by atomic mass is 35.5. The highest BCUT2D eigenvalue weighted by molar-refractivity contribution is 5.85. The second kappa shape index (κ2) is 9.18. The molecule has 1 amide bonds. The van der Waals surface area contributed by atoms with Gasteiger partial charge in [-0.25, -0.2) is 4.98 Å². The fraction of sp³-hybridized carbons (Fsp3) is 0.667. The maximum absolute atomic E-state index is 11.8. The van der Waals surface area contributed by atoms with Crippen molar-refractivity contribution < 1.29 is 4.79 Å². The Hall–Kier alpha value is -0.780. The van der Waals surface area contributed by atoms with Gasteiger partial charge in [-0.3, -0.25) is 4.79 Å². The van der Waals surface area contributed by atoms with Crippen LogP contribution in [0.3, 0.4) is 0 Å². The third-order valence-electron chi connectivity index (χ3n) is 3.46. The van der Waals surface area contributed by atoms with E-state index in [0.29, 0.717) is 25.4 Å². The van der Waals surface area contributed by atoms with Crippen LogP contribution >= 0.6 is 24.8 Å². The number of amides is 1. The third kappa shape index (κ3) is 5.38. The Morgan fingerprint density at radius 1 is 1.42 bits per heavy atom. The molecule has 1 aliphatic carbocycles. The van der Waals surface area contributed by atoms with Gasteiger partial charge in [0.2, 0.25) is 5.91 Å². The van der Waals surface area contributed by atoms with E-state index in [-0.39, 0.29) is 36.8 Å². The van der Waals surface area contributed by atoms with Crippen LogP contribution in [0.25, 0.3) is 0 Å².